The van der Waals surface area contributed by atoms with Gasteiger partial charge in [0.2, 0.25) is 0 Å². The van der Waals surface area contributed by atoms with Crippen LogP contribution in [0.2, 0.25) is 5.02 Å². The van der Waals surface area contributed by atoms with E-state index in [9.17, 15) is 9.59 Å². The van der Waals surface area contributed by atoms with Crippen LogP contribution in [-0.4, -0.2) is 25.0 Å². The number of nitrogens with one attached hydrogen (secondary N) is 1. The zero-order chi connectivity index (χ0) is 12.8. The van der Waals surface area contributed by atoms with Gasteiger partial charge in [-0.15, -0.1) is 0 Å². The van der Waals surface area contributed by atoms with Gasteiger partial charge in [0.1, 0.15) is 6.54 Å². The van der Waals surface area contributed by atoms with Gasteiger partial charge >= 0.3 is 5.97 Å². The molecule has 0 aliphatic carbocycles. The molecule has 0 spiro atoms. The third kappa shape index (κ3) is 3.96. The molecule has 0 aliphatic rings. The summed E-state index contributed by atoms with van der Waals surface area (Å²) in [5, 5.41) is 2.80. The standard InChI is InChI=1S/C11H13ClN2O3/c1-2-17-10(15)6-14-11(16)7-3-4-8(12)9(13)5-7/h3-5H,2,6,13H2,1H3,(H,14,16). The van der Waals surface area contributed by atoms with Crippen LogP contribution in [0.3, 0.4) is 0 Å². The normalized spacial score (nSPS) is 9.76. The zero-order valence-corrected chi connectivity index (χ0v) is 10.1. The van der Waals surface area contributed by atoms with Crippen molar-refractivity contribution in [3.8, 4) is 0 Å². The number of ether oxygens (including phenoxy) is 1. The summed E-state index contributed by atoms with van der Waals surface area (Å²) in [4.78, 5) is 22.6. The Morgan fingerprint density at radius 1 is 1.47 bits per heavy atom. The Bertz CT molecular complexity index is 435. The first-order valence-corrected chi connectivity index (χ1v) is 5.41. The highest BCUT2D eigenvalue weighted by Crippen LogP contribution is 2.19. The molecule has 0 atom stereocenters. The van der Waals surface area contributed by atoms with Crippen molar-refractivity contribution in [3.05, 3.63) is 28.8 Å². The highest BCUT2D eigenvalue weighted by molar-refractivity contribution is 6.33. The van der Waals surface area contributed by atoms with E-state index in [-0.39, 0.29) is 13.2 Å². The Balaban J connectivity index is 2.58. The van der Waals surface area contributed by atoms with Crippen molar-refractivity contribution in [2.24, 2.45) is 0 Å². The van der Waals surface area contributed by atoms with Gasteiger partial charge in [0.15, 0.2) is 0 Å². The van der Waals surface area contributed by atoms with Gasteiger partial charge in [-0.3, -0.25) is 9.59 Å². The topological polar surface area (TPSA) is 81.4 Å². The zero-order valence-electron chi connectivity index (χ0n) is 9.33. The van der Waals surface area contributed by atoms with Gasteiger partial charge in [-0.2, -0.15) is 0 Å². The number of esters is 1. The van der Waals surface area contributed by atoms with Crippen LogP contribution < -0.4 is 11.1 Å². The lowest BCUT2D eigenvalue weighted by Gasteiger charge is -2.06. The molecule has 0 radical (unpaired) electrons. The maximum atomic E-state index is 11.6. The summed E-state index contributed by atoms with van der Waals surface area (Å²) in [5.74, 6) is -0.885. The second-order valence-electron chi connectivity index (χ2n) is 3.22. The molecule has 17 heavy (non-hydrogen) atoms. The number of rotatable bonds is 4. The molecule has 1 aromatic carbocycles. The van der Waals surface area contributed by atoms with E-state index >= 15 is 0 Å². The third-order valence-electron chi connectivity index (χ3n) is 1.96. The van der Waals surface area contributed by atoms with Crippen molar-refractivity contribution in [1.82, 2.24) is 5.32 Å². The predicted molar refractivity (Wildman–Crippen MR) is 64.8 cm³/mol. The van der Waals surface area contributed by atoms with Gasteiger partial charge < -0.3 is 15.8 Å². The molecule has 5 nitrogen and oxygen atoms in total. The molecule has 3 N–H and O–H groups in total. The Hall–Kier alpha value is -1.75. The highest BCUT2D eigenvalue weighted by Gasteiger charge is 2.09. The van der Waals surface area contributed by atoms with Crippen LogP contribution in [0.5, 0.6) is 0 Å². The van der Waals surface area contributed by atoms with E-state index in [4.69, 9.17) is 17.3 Å². The van der Waals surface area contributed by atoms with Crippen LogP contribution in [0.25, 0.3) is 0 Å². The first-order valence-electron chi connectivity index (χ1n) is 5.03. The number of nitrogens with two attached hydrogens (primary N) is 1. The van der Waals surface area contributed by atoms with Gasteiger partial charge in [0, 0.05) is 5.56 Å². The molecule has 0 aliphatic heterocycles. The van der Waals surface area contributed by atoms with E-state index in [1.807, 2.05) is 0 Å². The number of anilines is 1. The maximum Gasteiger partial charge on any atom is 0.325 e. The summed E-state index contributed by atoms with van der Waals surface area (Å²) >= 11 is 5.72. The Labute approximate surface area is 104 Å². The number of hydrogen-bond acceptors (Lipinski definition) is 4. The predicted octanol–water partition coefficient (Wildman–Crippen LogP) is 1.22. The molecule has 1 aromatic rings. The molecule has 0 saturated heterocycles. The monoisotopic (exact) mass is 256 g/mol. The van der Waals surface area contributed by atoms with Crippen molar-refractivity contribution in [3.63, 3.8) is 0 Å². The van der Waals surface area contributed by atoms with Crippen molar-refractivity contribution in [2.45, 2.75) is 6.92 Å². The molecule has 0 fully saturated rings. The maximum absolute atomic E-state index is 11.6. The minimum atomic E-state index is -0.484. The average molecular weight is 257 g/mol. The number of amides is 1. The van der Waals surface area contributed by atoms with Gasteiger partial charge in [0.05, 0.1) is 17.3 Å². The number of nitrogen functional groups attached to an aromatic ring is 1. The summed E-state index contributed by atoms with van der Waals surface area (Å²) in [5.41, 5.74) is 6.22. The fraction of sp³-hybridized carbons (Fsp3) is 0.273. The van der Waals surface area contributed by atoms with Crippen molar-refractivity contribution < 1.29 is 14.3 Å². The van der Waals surface area contributed by atoms with Crippen LogP contribution in [0.15, 0.2) is 18.2 Å². The second-order valence-corrected chi connectivity index (χ2v) is 3.63. The largest absolute Gasteiger partial charge is 0.465 e. The van der Waals surface area contributed by atoms with Crippen molar-refractivity contribution in [1.29, 1.82) is 0 Å². The number of hydrogen-bond donors (Lipinski definition) is 2. The Kier molecular flexibility index (Phi) is 4.78. The molecule has 1 amide bonds. The minimum Gasteiger partial charge on any atom is -0.465 e. The number of carbonyl (C=O) groups excluding carboxylic acids is 2. The number of halogens is 1. The summed E-state index contributed by atoms with van der Waals surface area (Å²) in [7, 11) is 0. The molecule has 0 unspecified atom stereocenters. The van der Waals surface area contributed by atoms with Crippen LogP contribution >= 0.6 is 11.6 Å². The molecule has 0 saturated carbocycles. The second kappa shape index (κ2) is 6.10. The van der Waals surface area contributed by atoms with E-state index in [1.165, 1.54) is 18.2 Å². The van der Waals surface area contributed by atoms with Crippen LogP contribution in [0.1, 0.15) is 17.3 Å². The lowest BCUT2D eigenvalue weighted by atomic mass is 10.2. The molecule has 6 heteroatoms. The van der Waals surface area contributed by atoms with Crippen LogP contribution in [0.4, 0.5) is 5.69 Å². The van der Waals surface area contributed by atoms with Gasteiger partial charge in [-0.25, -0.2) is 0 Å². The minimum absolute atomic E-state index is 0.171. The van der Waals surface area contributed by atoms with E-state index < -0.39 is 11.9 Å². The summed E-state index contributed by atoms with van der Waals surface area (Å²) < 4.78 is 4.67. The molecule has 92 valence electrons. The van der Waals surface area contributed by atoms with E-state index in [2.05, 4.69) is 10.1 Å². The summed E-state index contributed by atoms with van der Waals surface area (Å²) in [6.07, 6.45) is 0. The molecule has 0 aromatic heterocycles. The molecular weight excluding hydrogens is 244 g/mol. The number of benzene rings is 1. The summed E-state index contributed by atoms with van der Waals surface area (Å²) in [6, 6.07) is 4.50. The van der Waals surface area contributed by atoms with Gasteiger partial charge in [0.25, 0.3) is 5.91 Å². The lowest BCUT2D eigenvalue weighted by molar-refractivity contribution is -0.141. The fourth-order valence-electron chi connectivity index (χ4n) is 1.15. The highest BCUT2D eigenvalue weighted by atomic mass is 35.5. The van der Waals surface area contributed by atoms with E-state index in [1.54, 1.807) is 6.92 Å². The quantitative estimate of drug-likeness (QED) is 0.627. The van der Waals surface area contributed by atoms with Gasteiger partial charge in [-0.1, -0.05) is 11.6 Å². The molecule has 0 heterocycles. The SMILES string of the molecule is CCOC(=O)CNC(=O)c1ccc(Cl)c(N)c1. The lowest BCUT2D eigenvalue weighted by Crippen LogP contribution is -2.30. The summed E-state index contributed by atoms with van der Waals surface area (Å²) in [6.45, 7) is 1.80. The molecule has 1 rings (SSSR count). The molecular formula is C11H13ClN2O3. The third-order valence-corrected chi connectivity index (χ3v) is 2.30. The first kappa shape index (κ1) is 13.3. The average Bonchev–Trinajstić information content (AvgIpc) is 2.30. The van der Waals surface area contributed by atoms with E-state index in [0.717, 1.165) is 0 Å². The van der Waals surface area contributed by atoms with Crippen LogP contribution in [-0.2, 0) is 9.53 Å². The van der Waals surface area contributed by atoms with E-state index in [0.29, 0.717) is 16.3 Å². The van der Waals surface area contributed by atoms with Gasteiger partial charge in [-0.05, 0) is 25.1 Å². The first-order chi connectivity index (χ1) is 8.04. The fourth-order valence-corrected chi connectivity index (χ4v) is 1.27. The van der Waals surface area contributed by atoms with Crippen LogP contribution in [0, 0.1) is 0 Å². The van der Waals surface area contributed by atoms with Crippen molar-refractivity contribution in [2.75, 3.05) is 18.9 Å². The Morgan fingerprint density at radius 2 is 2.18 bits per heavy atom. The number of carbonyl (C=O) groups is 2. The molecule has 0 bridgehead atoms. The smallest absolute Gasteiger partial charge is 0.325 e. The van der Waals surface area contributed by atoms with Crippen molar-refractivity contribution >= 4 is 29.2 Å². The Morgan fingerprint density at radius 3 is 2.76 bits per heavy atom.